The fraction of sp³-hybridized carbons (Fsp3) is 0.273. The van der Waals surface area contributed by atoms with Gasteiger partial charge < -0.3 is 1.43 Å². The number of rotatable bonds is 1. The molecule has 0 saturated carbocycles. The van der Waals surface area contributed by atoms with E-state index < -0.39 is 0 Å². The molecule has 0 N–H and O–H groups in total. The Labute approximate surface area is 106 Å². The van der Waals surface area contributed by atoms with Crippen LogP contribution in [0, 0.1) is 6.92 Å². The first-order chi connectivity index (χ1) is 5.83. The molecule has 1 aromatic rings. The Morgan fingerprint density at radius 2 is 2.15 bits per heavy atom. The summed E-state index contributed by atoms with van der Waals surface area (Å²) in [5.74, 6) is 0. The van der Waals surface area contributed by atoms with E-state index in [2.05, 4.69) is 43.8 Å². The summed E-state index contributed by atoms with van der Waals surface area (Å²) in [6, 6.07) is 6.60. The summed E-state index contributed by atoms with van der Waals surface area (Å²) in [6.07, 6.45) is 4.60. The summed E-state index contributed by atoms with van der Waals surface area (Å²) < 4.78 is 0. The molecule has 0 aliphatic heterocycles. The maximum absolute atomic E-state index is 2.33. The summed E-state index contributed by atoms with van der Waals surface area (Å²) in [5, 5.41) is 0. The minimum atomic E-state index is 0. The van der Waals surface area contributed by atoms with E-state index >= 15 is 0 Å². The molecule has 13 heavy (non-hydrogen) atoms. The first-order valence-corrected chi connectivity index (χ1v) is 5.85. The van der Waals surface area contributed by atoms with E-state index in [1.807, 2.05) is 0 Å². The van der Waals surface area contributed by atoms with E-state index in [0.29, 0.717) is 5.54 Å². The molecular weight excluding hydrogens is 183 g/mol. The van der Waals surface area contributed by atoms with Gasteiger partial charge in [0.2, 0.25) is 0 Å². The number of benzene rings is 1. The van der Waals surface area contributed by atoms with Crippen LogP contribution in [-0.4, -0.2) is 9.52 Å². The van der Waals surface area contributed by atoms with Crippen LogP contribution in [0.15, 0.2) is 24.3 Å². The second-order valence-electron chi connectivity index (χ2n) is 3.20. The van der Waals surface area contributed by atoms with Gasteiger partial charge in [-0.15, -0.1) is 0 Å². The Kier molecular flexibility index (Phi) is 3.99. The molecule has 0 bridgehead atoms. The van der Waals surface area contributed by atoms with Gasteiger partial charge in [-0.05, 0) is 29.2 Å². The molecule has 62 valence electrons. The van der Waals surface area contributed by atoms with E-state index in [1.54, 1.807) is 0 Å². The van der Waals surface area contributed by atoms with Gasteiger partial charge in [0.25, 0.3) is 0 Å². The second-order valence-corrected chi connectivity index (χ2v) is 4.40. The molecule has 1 aromatic carbocycles. The van der Waals surface area contributed by atoms with Crippen molar-refractivity contribution in [3.8, 4) is 0 Å². The first kappa shape index (κ1) is 11.3. The maximum Gasteiger partial charge on any atom is 1.00 e. The van der Waals surface area contributed by atoms with Gasteiger partial charge in [0.05, 0.1) is 0 Å². The third-order valence-corrected chi connectivity index (χ3v) is 3.58. The van der Waals surface area contributed by atoms with Crippen molar-refractivity contribution in [3.63, 3.8) is 0 Å². The molecule has 2 radical (unpaired) electrons. The van der Waals surface area contributed by atoms with Crippen molar-refractivity contribution in [1.82, 2.24) is 0 Å². The molecule has 1 atom stereocenters. The van der Waals surface area contributed by atoms with Crippen LogP contribution < -0.4 is 29.6 Å². The summed E-state index contributed by atoms with van der Waals surface area (Å²) >= 11 is 0. The quantitative estimate of drug-likeness (QED) is 0.552. The predicted octanol–water partition coefficient (Wildman–Crippen LogP) is -0.0683. The molecule has 2 heteroatoms. The normalized spacial score (nSPS) is 18.2. The van der Waals surface area contributed by atoms with E-state index in [1.165, 1.54) is 16.7 Å². The Morgan fingerprint density at radius 1 is 1.38 bits per heavy atom. The van der Waals surface area contributed by atoms with Crippen LogP contribution in [0.4, 0.5) is 0 Å². The molecule has 0 aromatic heterocycles. The van der Waals surface area contributed by atoms with E-state index in [9.17, 15) is 0 Å². The van der Waals surface area contributed by atoms with Gasteiger partial charge in [-0.2, -0.15) is 0 Å². The maximum atomic E-state index is 2.33. The fourth-order valence-corrected chi connectivity index (χ4v) is 2.60. The monoisotopic (exact) mass is 196 g/mol. The van der Waals surface area contributed by atoms with Gasteiger partial charge in [-0.1, -0.05) is 36.9 Å². The van der Waals surface area contributed by atoms with Crippen molar-refractivity contribution in [2.24, 2.45) is 0 Å². The van der Waals surface area contributed by atoms with Gasteiger partial charge in [0.15, 0.2) is 0 Å². The second kappa shape index (κ2) is 4.60. The zero-order valence-corrected chi connectivity index (χ0v) is 11.5. The van der Waals surface area contributed by atoms with Crippen LogP contribution in [0.3, 0.4) is 0 Å². The van der Waals surface area contributed by atoms with Gasteiger partial charge in [0, 0.05) is 9.52 Å². The molecule has 1 aliphatic rings. The van der Waals surface area contributed by atoms with Gasteiger partial charge in [0.1, 0.15) is 0 Å². The number of hydrogen-bond donors (Lipinski definition) is 0. The summed E-state index contributed by atoms with van der Waals surface area (Å²) in [4.78, 5) is 0. The van der Waals surface area contributed by atoms with Gasteiger partial charge in [-0.3, -0.25) is 0 Å². The Balaban J connectivity index is 0.000000845. The van der Waals surface area contributed by atoms with Crippen LogP contribution >= 0.6 is 0 Å². The van der Waals surface area contributed by atoms with Crippen molar-refractivity contribution in [1.29, 1.82) is 0 Å². The van der Waals surface area contributed by atoms with Crippen LogP contribution in [-0.2, 0) is 0 Å². The largest absolute Gasteiger partial charge is 1.00 e. The molecule has 1 aliphatic carbocycles. The smallest absolute Gasteiger partial charge is 1.00 e. The van der Waals surface area contributed by atoms with Crippen LogP contribution in [0.5, 0.6) is 0 Å². The molecule has 1 unspecified atom stereocenters. The zero-order chi connectivity index (χ0) is 8.55. The summed E-state index contributed by atoms with van der Waals surface area (Å²) in [5.41, 5.74) is 5.08. The number of allylic oxidation sites excluding steroid dienone is 1. The Hall–Kier alpha value is 0.177. The number of fused-ring (bicyclic) bond motifs is 1. The van der Waals surface area contributed by atoms with Crippen molar-refractivity contribution < 1.29 is 31.0 Å². The van der Waals surface area contributed by atoms with E-state index in [4.69, 9.17) is 0 Å². The molecule has 0 amide bonds. The Bertz CT molecular complexity index is 336. The summed E-state index contributed by atoms with van der Waals surface area (Å²) in [6.45, 7) is 4.46. The predicted molar refractivity (Wildman–Crippen MR) is 55.7 cm³/mol. The average Bonchev–Trinajstić information content (AvgIpc) is 2.49. The molecule has 0 fully saturated rings. The molecule has 0 spiro atoms. The molecule has 0 heterocycles. The zero-order valence-electron chi connectivity index (χ0n) is 9.46. The average molecular weight is 196 g/mol. The molecule has 0 saturated heterocycles. The number of hydrogen-bond acceptors (Lipinski definition) is 0. The SMILES string of the molecule is C[Si]C1C=Cc2c(C)cccc21.[H-].[Na+]. The van der Waals surface area contributed by atoms with Crippen molar-refractivity contribution in [3.05, 3.63) is 41.0 Å². The van der Waals surface area contributed by atoms with Gasteiger partial charge in [-0.25, -0.2) is 0 Å². The third-order valence-electron chi connectivity index (χ3n) is 2.46. The Morgan fingerprint density at radius 3 is 2.85 bits per heavy atom. The van der Waals surface area contributed by atoms with E-state index in [0.717, 1.165) is 9.52 Å². The molecule has 0 nitrogen and oxygen atoms in total. The number of aryl methyl sites for hydroxylation is 1. The van der Waals surface area contributed by atoms with Crippen molar-refractivity contribution in [2.45, 2.75) is 19.0 Å². The topological polar surface area (TPSA) is 0 Å². The third kappa shape index (κ3) is 1.99. The standard InChI is InChI=1S/C11H12Si.Na.H/c1-8-4-3-5-10-9(8)6-7-11(10)12-2;;/h3-7,11H,1-2H3;;/q;+1;-1. The summed E-state index contributed by atoms with van der Waals surface area (Å²) in [7, 11) is 0.988. The van der Waals surface area contributed by atoms with Gasteiger partial charge >= 0.3 is 29.6 Å². The molecule has 2 rings (SSSR count). The molecular formula is C11H13NaSi. The minimum absolute atomic E-state index is 0. The first-order valence-electron chi connectivity index (χ1n) is 4.28. The van der Waals surface area contributed by atoms with Crippen LogP contribution in [0.2, 0.25) is 6.55 Å². The van der Waals surface area contributed by atoms with Crippen molar-refractivity contribution >= 4 is 15.6 Å². The van der Waals surface area contributed by atoms with Crippen LogP contribution in [0.25, 0.3) is 6.08 Å². The fourth-order valence-electron chi connectivity index (χ4n) is 1.75. The minimum Gasteiger partial charge on any atom is -1.00 e. The van der Waals surface area contributed by atoms with Crippen LogP contribution in [0.1, 0.15) is 23.7 Å². The van der Waals surface area contributed by atoms with Crippen molar-refractivity contribution in [2.75, 3.05) is 0 Å². The van der Waals surface area contributed by atoms with E-state index in [-0.39, 0.29) is 31.0 Å².